The van der Waals surface area contributed by atoms with Crippen LogP contribution in [0.15, 0.2) is 47.8 Å². The van der Waals surface area contributed by atoms with Gasteiger partial charge in [0.05, 0.1) is 22.5 Å². The summed E-state index contributed by atoms with van der Waals surface area (Å²) in [4.78, 5) is 3.90. The third-order valence-electron chi connectivity index (χ3n) is 2.61. The Kier molecular flexibility index (Phi) is 5.51. The van der Waals surface area contributed by atoms with Crippen LogP contribution < -0.4 is 10.7 Å². The van der Waals surface area contributed by atoms with Crippen molar-refractivity contribution in [1.29, 1.82) is 0 Å². The monoisotopic (exact) mass is 358 g/mol. The zero-order valence-electron chi connectivity index (χ0n) is 11.4. The standard InChI is InChI=1S/C14H10ClF3N4S/c15-11-4-3-10(14(16,17)18)6-12(11)21-13(23)22-20-8-9-2-1-5-19-7-9/h1-8H,(H2,21,22,23)/b20-8+. The molecule has 0 saturated heterocycles. The van der Waals surface area contributed by atoms with Gasteiger partial charge in [0, 0.05) is 18.0 Å². The molecule has 2 N–H and O–H groups in total. The fraction of sp³-hybridized carbons (Fsp3) is 0.0714. The van der Waals surface area contributed by atoms with E-state index in [1.165, 1.54) is 6.21 Å². The van der Waals surface area contributed by atoms with Crippen molar-refractivity contribution in [3.63, 3.8) is 0 Å². The van der Waals surface area contributed by atoms with Crippen LogP contribution in [0.5, 0.6) is 0 Å². The summed E-state index contributed by atoms with van der Waals surface area (Å²) in [7, 11) is 0. The number of rotatable bonds is 3. The van der Waals surface area contributed by atoms with Crippen LogP contribution in [0.1, 0.15) is 11.1 Å². The van der Waals surface area contributed by atoms with E-state index in [2.05, 4.69) is 20.8 Å². The molecule has 1 aromatic heterocycles. The Bertz CT molecular complexity index is 720. The van der Waals surface area contributed by atoms with Gasteiger partial charge in [0.15, 0.2) is 5.11 Å². The molecule has 0 unspecified atom stereocenters. The van der Waals surface area contributed by atoms with Gasteiger partial charge in [-0.05, 0) is 36.5 Å². The second-order valence-electron chi connectivity index (χ2n) is 4.30. The second-order valence-corrected chi connectivity index (χ2v) is 5.12. The largest absolute Gasteiger partial charge is 0.416 e. The molecule has 9 heteroatoms. The summed E-state index contributed by atoms with van der Waals surface area (Å²) >= 11 is 10.8. The summed E-state index contributed by atoms with van der Waals surface area (Å²) in [5, 5.41) is 6.54. The molecule has 0 spiro atoms. The van der Waals surface area contributed by atoms with Gasteiger partial charge >= 0.3 is 6.18 Å². The lowest BCUT2D eigenvalue weighted by Crippen LogP contribution is -2.24. The highest BCUT2D eigenvalue weighted by atomic mass is 35.5. The summed E-state index contributed by atoms with van der Waals surface area (Å²) in [6.45, 7) is 0. The van der Waals surface area contributed by atoms with E-state index in [9.17, 15) is 13.2 Å². The Balaban J connectivity index is 2.01. The van der Waals surface area contributed by atoms with Crippen LogP contribution >= 0.6 is 23.8 Å². The first-order valence-electron chi connectivity index (χ1n) is 6.23. The van der Waals surface area contributed by atoms with Gasteiger partial charge in [0.25, 0.3) is 0 Å². The number of pyridine rings is 1. The maximum absolute atomic E-state index is 12.7. The summed E-state index contributed by atoms with van der Waals surface area (Å²) in [6.07, 6.45) is 0.210. The van der Waals surface area contributed by atoms with Gasteiger partial charge in [-0.15, -0.1) is 0 Å². The topological polar surface area (TPSA) is 49.3 Å². The molecule has 4 nitrogen and oxygen atoms in total. The Labute approximate surface area is 140 Å². The van der Waals surface area contributed by atoms with E-state index in [4.69, 9.17) is 23.8 Å². The van der Waals surface area contributed by atoms with E-state index in [0.29, 0.717) is 0 Å². The number of halogens is 4. The zero-order chi connectivity index (χ0) is 16.9. The molecule has 2 aromatic rings. The molecule has 0 bridgehead atoms. The average Bonchev–Trinajstić information content (AvgIpc) is 2.49. The van der Waals surface area contributed by atoms with Crippen molar-refractivity contribution in [1.82, 2.24) is 10.4 Å². The van der Waals surface area contributed by atoms with E-state index in [0.717, 1.165) is 23.8 Å². The predicted molar refractivity (Wildman–Crippen MR) is 87.6 cm³/mol. The van der Waals surface area contributed by atoms with Gasteiger partial charge < -0.3 is 5.32 Å². The molecular weight excluding hydrogens is 349 g/mol. The number of hydrazone groups is 1. The summed E-state index contributed by atoms with van der Waals surface area (Å²) in [6, 6.07) is 6.43. The maximum Gasteiger partial charge on any atom is 0.416 e. The van der Waals surface area contributed by atoms with Gasteiger partial charge in [-0.1, -0.05) is 17.7 Å². The van der Waals surface area contributed by atoms with Crippen LogP contribution in [0.2, 0.25) is 5.02 Å². The Hall–Kier alpha value is -2.19. The third kappa shape index (κ3) is 5.19. The van der Waals surface area contributed by atoms with Gasteiger partial charge in [0.1, 0.15) is 0 Å². The number of hydrogen-bond donors (Lipinski definition) is 2. The number of thiocarbonyl (C=S) groups is 1. The van der Waals surface area contributed by atoms with Gasteiger partial charge in [-0.3, -0.25) is 10.4 Å². The minimum Gasteiger partial charge on any atom is -0.330 e. The van der Waals surface area contributed by atoms with Crippen molar-refractivity contribution in [3.05, 3.63) is 58.9 Å². The molecule has 0 aliphatic carbocycles. The molecular formula is C14H10ClF3N4S. The highest BCUT2D eigenvalue weighted by Gasteiger charge is 2.31. The van der Waals surface area contributed by atoms with E-state index in [1.807, 2.05) is 0 Å². The van der Waals surface area contributed by atoms with E-state index >= 15 is 0 Å². The highest BCUT2D eigenvalue weighted by Crippen LogP contribution is 2.33. The van der Waals surface area contributed by atoms with Gasteiger partial charge in [0.2, 0.25) is 0 Å². The number of benzene rings is 1. The minimum absolute atomic E-state index is 0.00589. The highest BCUT2D eigenvalue weighted by molar-refractivity contribution is 7.80. The average molecular weight is 359 g/mol. The van der Waals surface area contributed by atoms with E-state index in [1.54, 1.807) is 24.5 Å². The number of anilines is 1. The predicted octanol–water partition coefficient (Wildman–Crippen LogP) is 4.07. The summed E-state index contributed by atoms with van der Waals surface area (Å²) in [5.41, 5.74) is 2.43. The Morgan fingerprint density at radius 1 is 1.30 bits per heavy atom. The third-order valence-corrected chi connectivity index (χ3v) is 3.13. The molecule has 0 saturated carbocycles. The fourth-order valence-corrected chi connectivity index (χ4v) is 1.89. The first kappa shape index (κ1) is 17.2. The van der Waals surface area contributed by atoms with Crippen molar-refractivity contribution in [2.75, 3.05) is 5.32 Å². The normalized spacial score (nSPS) is 11.5. The number of nitrogens with zero attached hydrogens (tertiary/aromatic N) is 2. The lowest BCUT2D eigenvalue weighted by Gasteiger charge is -2.12. The number of nitrogens with one attached hydrogen (secondary N) is 2. The molecule has 1 heterocycles. The summed E-state index contributed by atoms with van der Waals surface area (Å²) in [5.74, 6) is 0. The fourth-order valence-electron chi connectivity index (χ4n) is 1.57. The van der Waals surface area contributed by atoms with Crippen LogP contribution in [0.4, 0.5) is 18.9 Å². The number of alkyl halides is 3. The Morgan fingerprint density at radius 3 is 2.74 bits per heavy atom. The first-order valence-corrected chi connectivity index (χ1v) is 7.02. The quantitative estimate of drug-likeness (QED) is 0.493. The van der Waals surface area contributed by atoms with Gasteiger partial charge in [-0.25, -0.2) is 0 Å². The molecule has 0 fully saturated rings. The Morgan fingerprint density at radius 2 is 2.09 bits per heavy atom. The SMILES string of the molecule is FC(F)(F)c1ccc(Cl)c(NC(=S)N/N=C/c2cccnc2)c1. The van der Waals surface area contributed by atoms with Crippen molar-refractivity contribution in [2.45, 2.75) is 6.18 Å². The lowest BCUT2D eigenvalue weighted by molar-refractivity contribution is -0.137. The van der Waals surface area contributed by atoms with Crippen LogP contribution in [-0.2, 0) is 6.18 Å². The van der Waals surface area contributed by atoms with Crippen molar-refractivity contribution < 1.29 is 13.2 Å². The van der Waals surface area contributed by atoms with Crippen LogP contribution in [-0.4, -0.2) is 16.3 Å². The molecule has 0 atom stereocenters. The van der Waals surface area contributed by atoms with Crippen molar-refractivity contribution in [3.8, 4) is 0 Å². The molecule has 0 aliphatic rings. The van der Waals surface area contributed by atoms with E-state index < -0.39 is 11.7 Å². The molecule has 0 amide bonds. The lowest BCUT2D eigenvalue weighted by atomic mass is 10.2. The molecule has 0 radical (unpaired) electrons. The second kappa shape index (κ2) is 7.38. The zero-order valence-corrected chi connectivity index (χ0v) is 13.0. The van der Waals surface area contributed by atoms with E-state index in [-0.39, 0.29) is 15.8 Å². The molecule has 0 aliphatic heterocycles. The summed E-state index contributed by atoms with van der Waals surface area (Å²) < 4.78 is 38.0. The molecule has 1 aromatic carbocycles. The first-order chi connectivity index (χ1) is 10.9. The van der Waals surface area contributed by atoms with Crippen LogP contribution in [0.25, 0.3) is 0 Å². The van der Waals surface area contributed by atoms with Crippen molar-refractivity contribution in [2.24, 2.45) is 5.10 Å². The molecule has 23 heavy (non-hydrogen) atoms. The van der Waals surface area contributed by atoms with Gasteiger partial charge in [-0.2, -0.15) is 18.3 Å². The van der Waals surface area contributed by atoms with Crippen LogP contribution in [0.3, 0.4) is 0 Å². The number of hydrogen-bond acceptors (Lipinski definition) is 3. The molecule has 120 valence electrons. The molecule has 2 rings (SSSR count). The van der Waals surface area contributed by atoms with Crippen molar-refractivity contribution >= 4 is 40.8 Å². The maximum atomic E-state index is 12.7. The number of aromatic nitrogens is 1. The smallest absolute Gasteiger partial charge is 0.330 e. The minimum atomic E-state index is -4.46. The van der Waals surface area contributed by atoms with Crippen LogP contribution in [0, 0.1) is 0 Å².